The van der Waals surface area contributed by atoms with E-state index in [0.29, 0.717) is 5.54 Å². The van der Waals surface area contributed by atoms with Gasteiger partial charge in [0.15, 0.2) is 8.32 Å². The molecular weight excluding hydrogens is 164 g/mol. The standard InChI is InChI=1S/C10H20OSi/c1-9(12(2,3)11)10-7-5-4-6-8-10/h7,9,11H,4-6,8H2,1-3H3. The molecule has 1 nitrogen and oxygen atoms in total. The Kier molecular flexibility index (Phi) is 3.13. The first kappa shape index (κ1) is 10.0. The molecule has 1 aliphatic carbocycles. The first-order chi connectivity index (χ1) is 5.52. The molecule has 1 N–H and O–H groups in total. The molecule has 0 aromatic rings. The molecule has 1 aliphatic rings. The lowest BCUT2D eigenvalue weighted by atomic mass is 9.97. The Morgan fingerprint density at radius 1 is 1.42 bits per heavy atom. The first-order valence-corrected chi connectivity index (χ1v) is 7.95. The lowest BCUT2D eigenvalue weighted by Gasteiger charge is -2.27. The normalized spacial score (nSPS) is 21.8. The van der Waals surface area contributed by atoms with Gasteiger partial charge in [-0.2, -0.15) is 0 Å². The van der Waals surface area contributed by atoms with Gasteiger partial charge in [0.05, 0.1) is 0 Å². The van der Waals surface area contributed by atoms with Crippen LogP contribution in [0.5, 0.6) is 0 Å². The predicted molar refractivity (Wildman–Crippen MR) is 55.7 cm³/mol. The highest BCUT2D eigenvalue weighted by Crippen LogP contribution is 2.33. The van der Waals surface area contributed by atoms with Gasteiger partial charge in [-0.1, -0.05) is 18.6 Å². The van der Waals surface area contributed by atoms with Crippen molar-refractivity contribution < 1.29 is 4.80 Å². The van der Waals surface area contributed by atoms with Gasteiger partial charge in [-0.25, -0.2) is 0 Å². The van der Waals surface area contributed by atoms with Gasteiger partial charge >= 0.3 is 0 Å². The molecule has 0 heterocycles. The topological polar surface area (TPSA) is 20.2 Å². The highest BCUT2D eigenvalue weighted by atomic mass is 28.4. The van der Waals surface area contributed by atoms with E-state index in [-0.39, 0.29) is 0 Å². The predicted octanol–water partition coefficient (Wildman–Crippen LogP) is 3.07. The van der Waals surface area contributed by atoms with Gasteiger partial charge in [0.1, 0.15) is 0 Å². The molecular formula is C10H20OSi. The molecule has 0 spiro atoms. The van der Waals surface area contributed by atoms with Gasteiger partial charge in [-0.05, 0) is 44.3 Å². The molecule has 2 heteroatoms. The zero-order chi connectivity index (χ0) is 9.19. The molecule has 12 heavy (non-hydrogen) atoms. The van der Waals surface area contributed by atoms with E-state index in [4.69, 9.17) is 0 Å². The van der Waals surface area contributed by atoms with Crippen molar-refractivity contribution >= 4 is 8.32 Å². The lowest BCUT2D eigenvalue weighted by molar-refractivity contribution is 0.529. The largest absolute Gasteiger partial charge is 0.432 e. The van der Waals surface area contributed by atoms with E-state index >= 15 is 0 Å². The minimum atomic E-state index is -1.92. The minimum absolute atomic E-state index is 0.456. The summed E-state index contributed by atoms with van der Waals surface area (Å²) < 4.78 is 0. The van der Waals surface area contributed by atoms with Gasteiger partial charge in [-0.15, -0.1) is 0 Å². The molecule has 0 aliphatic heterocycles. The fourth-order valence-electron chi connectivity index (χ4n) is 1.71. The van der Waals surface area contributed by atoms with Gasteiger partial charge in [0.25, 0.3) is 0 Å². The molecule has 1 unspecified atom stereocenters. The monoisotopic (exact) mass is 184 g/mol. The van der Waals surface area contributed by atoms with Crippen LogP contribution in [0.25, 0.3) is 0 Å². The Morgan fingerprint density at radius 3 is 2.50 bits per heavy atom. The molecule has 0 radical (unpaired) electrons. The van der Waals surface area contributed by atoms with Crippen LogP contribution in [0.3, 0.4) is 0 Å². The summed E-state index contributed by atoms with van der Waals surface area (Å²) in [6.07, 6.45) is 7.45. The summed E-state index contributed by atoms with van der Waals surface area (Å²) in [5.41, 5.74) is 1.97. The summed E-state index contributed by atoms with van der Waals surface area (Å²) >= 11 is 0. The highest BCUT2D eigenvalue weighted by Gasteiger charge is 2.28. The number of hydrogen-bond acceptors (Lipinski definition) is 1. The fraction of sp³-hybridized carbons (Fsp3) is 0.800. The zero-order valence-corrected chi connectivity index (χ0v) is 9.43. The average Bonchev–Trinajstić information content (AvgIpc) is 2.03. The number of hydrogen-bond donors (Lipinski definition) is 1. The van der Waals surface area contributed by atoms with Crippen molar-refractivity contribution in [2.24, 2.45) is 0 Å². The van der Waals surface area contributed by atoms with Crippen LogP contribution in [0.15, 0.2) is 11.6 Å². The third-order valence-electron chi connectivity index (χ3n) is 2.94. The minimum Gasteiger partial charge on any atom is -0.432 e. The molecule has 0 bridgehead atoms. The van der Waals surface area contributed by atoms with Crippen LogP contribution in [0.4, 0.5) is 0 Å². The zero-order valence-electron chi connectivity index (χ0n) is 8.43. The summed E-state index contributed by atoms with van der Waals surface area (Å²) in [6, 6.07) is 0. The molecule has 0 saturated carbocycles. The Hall–Kier alpha value is -0.0831. The number of rotatable bonds is 2. The maximum Gasteiger partial charge on any atom is 0.189 e. The first-order valence-electron chi connectivity index (χ1n) is 4.93. The van der Waals surface area contributed by atoms with Crippen molar-refractivity contribution in [2.45, 2.75) is 51.2 Å². The second kappa shape index (κ2) is 3.75. The van der Waals surface area contributed by atoms with E-state index in [1.165, 1.54) is 31.3 Å². The maximum atomic E-state index is 9.94. The Balaban J connectivity index is 2.62. The van der Waals surface area contributed by atoms with Crippen LogP contribution in [0.1, 0.15) is 32.6 Å². The van der Waals surface area contributed by atoms with Crippen molar-refractivity contribution in [3.05, 3.63) is 11.6 Å². The quantitative estimate of drug-likeness (QED) is 0.516. The second-order valence-corrected chi connectivity index (χ2v) is 8.57. The molecule has 1 atom stereocenters. The SMILES string of the molecule is CC(C1=CCCCC1)[Si](C)(C)O. The molecule has 0 fully saturated rings. The van der Waals surface area contributed by atoms with Crippen LogP contribution in [-0.4, -0.2) is 13.1 Å². The van der Waals surface area contributed by atoms with Crippen molar-refractivity contribution in [2.75, 3.05) is 0 Å². The smallest absolute Gasteiger partial charge is 0.189 e. The maximum absolute atomic E-state index is 9.94. The third-order valence-corrected chi connectivity index (χ3v) is 5.43. The summed E-state index contributed by atoms with van der Waals surface area (Å²) in [5.74, 6) is 0. The van der Waals surface area contributed by atoms with E-state index in [9.17, 15) is 4.80 Å². The third kappa shape index (κ3) is 2.46. The molecule has 70 valence electrons. The van der Waals surface area contributed by atoms with Crippen LogP contribution in [0, 0.1) is 0 Å². The van der Waals surface area contributed by atoms with Crippen molar-refractivity contribution in [3.8, 4) is 0 Å². The highest BCUT2D eigenvalue weighted by molar-refractivity contribution is 6.71. The molecule has 1 rings (SSSR count). The van der Waals surface area contributed by atoms with Crippen LogP contribution in [-0.2, 0) is 0 Å². The Labute approximate surface area is 76.6 Å². The van der Waals surface area contributed by atoms with Crippen LogP contribution >= 0.6 is 0 Å². The van der Waals surface area contributed by atoms with Crippen molar-refractivity contribution in [1.29, 1.82) is 0 Å². The van der Waals surface area contributed by atoms with Crippen molar-refractivity contribution in [1.82, 2.24) is 0 Å². The average molecular weight is 184 g/mol. The lowest BCUT2D eigenvalue weighted by Crippen LogP contribution is -2.32. The Morgan fingerprint density at radius 2 is 2.08 bits per heavy atom. The Bertz CT molecular complexity index is 179. The summed E-state index contributed by atoms with van der Waals surface area (Å²) in [6.45, 7) is 6.25. The van der Waals surface area contributed by atoms with Gasteiger partial charge in [0.2, 0.25) is 0 Å². The summed E-state index contributed by atoms with van der Waals surface area (Å²) in [7, 11) is -1.92. The van der Waals surface area contributed by atoms with Gasteiger partial charge in [-0.3, -0.25) is 0 Å². The molecule has 0 saturated heterocycles. The van der Waals surface area contributed by atoms with E-state index < -0.39 is 8.32 Å². The van der Waals surface area contributed by atoms with E-state index in [1.807, 2.05) is 13.1 Å². The van der Waals surface area contributed by atoms with Gasteiger partial charge < -0.3 is 4.80 Å². The molecule has 0 aromatic heterocycles. The van der Waals surface area contributed by atoms with E-state index in [0.717, 1.165) is 0 Å². The van der Waals surface area contributed by atoms with Gasteiger partial charge in [0, 0.05) is 0 Å². The van der Waals surface area contributed by atoms with Crippen molar-refractivity contribution in [3.63, 3.8) is 0 Å². The van der Waals surface area contributed by atoms with E-state index in [2.05, 4.69) is 13.0 Å². The van der Waals surface area contributed by atoms with Crippen LogP contribution < -0.4 is 0 Å². The van der Waals surface area contributed by atoms with Crippen LogP contribution in [0.2, 0.25) is 18.6 Å². The second-order valence-electron chi connectivity index (χ2n) is 4.40. The molecule has 0 aromatic carbocycles. The van der Waals surface area contributed by atoms with E-state index in [1.54, 1.807) is 0 Å². The molecule has 0 amide bonds. The summed E-state index contributed by atoms with van der Waals surface area (Å²) in [4.78, 5) is 9.94. The number of allylic oxidation sites excluding steroid dienone is 2. The summed E-state index contributed by atoms with van der Waals surface area (Å²) in [5, 5.41) is 0. The fourth-order valence-corrected chi connectivity index (χ4v) is 2.88.